The van der Waals surface area contributed by atoms with Crippen LogP contribution in [0, 0.1) is 17.1 Å². The van der Waals surface area contributed by atoms with Crippen molar-refractivity contribution in [3.05, 3.63) is 29.6 Å². The van der Waals surface area contributed by atoms with Crippen LogP contribution in [0.4, 0.5) is 10.1 Å². The molecule has 1 aromatic rings. The first-order valence-electron chi connectivity index (χ1n) is 5.32. The maximum absolute atomic E-state index is 13.4. The highest BCUT2D eigenvalue weighted by Gasteiger charge is 2.30. The van der Waals surface area contributed by atoms with Crippen LogP contribution in [0.3, 0.4) is 0 Å². The highest BCUT2D eigenvalue weighted by atomic mass is 19.1. The van der Waals surface area contributed by atoms with Crippen LogP contribution >= 0.6 is 0 Å². The Morgan fingerprint density at radius 3 is 2.94 bits per heavy atom. The minimum absolute atomic E-state index is 0.0279. The van der Waals surface area contributed by atoms with Gasteiger partial charge in [0.1, 0.15) is 17.9 Å². The van der Waals surface area contributed by atoms with Gasteiger partial charge in [-0.05, 0) is 31.0 Å². The molecule has 1 saturated heterocycles. The smallest absolute Gasteiger partial charge is 0.326 e. The number of hydrogen-bond donors (Lipinski definition) is 1. The molecule has 0 aliphatic carbocycles. The monoisotopic (exact) mass is 234 g/mol. The lowest BCUT2D eigenvalue weighted by Crippen LogP contribution is -2.35. The van der Waals surface area contributed by atoms with Gasteiger partial charge in [-0.15, -0.1) is 0 Å². The first kappa shape index (κ1) is 11.4. The molecule has 5 heteroatoms. The van der Waals surface area contributed by atoms with Crippen LogP contribution in [0.15, 0.2) is 18.2 Å². The third-order valence-corrected chi connectivity index (χ3v) is 2.94. The van der Waals surface area contributed by atoms with E-state index in [0.717, 1.165) is 6.42 Å². The predicted octanol–water partition coefficient (Wildman–Crippen LogP) is 1.75. The van der Waals surface area contributed by atoms with E-state index in [4.69, 9.17) is 10.4 Å². The quantitative estimate of drug-likeness (QED) is 0.846. The van der Waals surface area contributed by atoms with Gasteiger partial charge in [-0.25, -0.2) is 9.18 Å². The standard InChI is InChI=1S/C12H11FN2O2/c13-10-6-9(4-3-8(10)7-14)15-5-1-2-11(15)12(16)17/h3-4,6,11H,1-2,5H2,(H,16,17). The number of carbonyl (C=O) groups is 1. The summed E-state index contributed by atoms with van der Waals surface area (Å²) in [7, 11) is 0. The average Bonchev–Trinajstić information content (AvgIpc) is 2.77. The fraction of sp³-hybridized carbons (Fsp3) is 0.333. The maximum atomic E-state index is 13.4. The molecule has 4 nitrogen and oxygen atoms in total. The molecule has 1 aromatic carbocycles. The Bertz CT molecular complexity index is 496. The van der Waals surface area contributed by atoms with Crippen molar-refractivity contribution in [3.63, 3.8) is 0 Å². The van der Waals surface area contributed by atoms with E-state index in [9.17, 15) is 9.18 Å². The first-order chi connectivity index (χ1) is 8.13. The SMILES string of the molecule is N#Cc1ccc(N2CCCC2C(=O)O)cc1F. The number of benzene rings is 1. The molecule has 0 saturated carbocycles. The zero-order valence-electron chi connectivity index (χ0n) is 9.06. The van der Waals surface area contributed by atoms with E-state index in [1.807, 2.05) is 0 Å². The molecule has 1 heterocycles. The lowest BCUT2D eigenvalue weighted by atomic mass is 10.1. The van der Waals surface area contributed by atoms with Gasteiger partial charge in [-0.1, -0.05) is 0 Å². The second-order valence-electron chi connectivity index (χ2n) is 3.97. The second kappa shape index (κ2) is 4.42. The lowest BCUT2D eigenvalue weighted by molar-refractivity contribution is -0.138. The number of anilines is 1. The summed E-state index contributed by atoms with van der Waals surface area (Å²) in [6.07, 6.45) is 1.34. The zero-order chi connectivity index (χ0) is 12.4. The van der Waals surface area contributed by atoms with Crippen LogP contribution in [0.2, 0.25) is 0 Å². The zero-order valence-corrected chi connectivity index (χ0v) is 9.06. The van der Waals surface area contributed by atoms with Gasteiger partial charge in [-0.3, -0.25) is 0 Å². The van der Waals surface area contributed by atoms with Crippen molar-refractivity contribution in [2.45, 2.75) is 18.9 Å². The van der Waals surface area contributed by atoms with Crippen LogP contribution in [-0.2, 0) is 4.79 Å². The summed E-state index contributed by atoms with van der Waals surface area (Å²) in [5.41, 5.74) is 0.492. The van der Waals surface area contributed by atoms with Crippen LogP contribution in [-0.4, -0.2) is 23.7 Å². The fourth-order valence-corrected chi connectivity index (χ4v) is 2.11. The Morgan fingerprint density at radius 1 is 1.59 bits per heavy atom. The van der Waals surface area contributed by atoms with Crippen molar-refractivity contribution in [3.8, 4) is 6.07 Å². The maximum Gasteiger partial charge on any atom is 0.326 e. The van der Waals surface area contributed by atoms with E-state index in [1.54, 1.807) is 17.0 Å². The fourth-order valence-electron chi connectivity index (χ4n) is 2.11. The number of aliphatic carboxylic acids is 1. The molecule has 0 spiro atoms. The molecule has 2 rings (SSSR count). The molecule has 0 bridgehead atoms. The summed E-state index contributed by atoms with van der Waals surface area (Å²) in [5.74, 6) is -1.51. The number of nitrogens with zero attached hydrogens (tertiary/aromatic N) is 2. The summed E-state index contributed by atoms with van der Waals surface area (Å²) in [6.45, 7) is 0.600. The molecule has 17 heavy (non-hydrogen) atoms. The van der Waals surface area contributed by atoms with Crippen LogP contribution in [0.5, 0.6) is 0 Å². The first-order valence-corrected chi connectivity index (χ1v) is 5.32. The molecule has 1 fully saturated rings. The van der Waals surface area contributed by atoms with E-state index in [-0.39, 0.29) is 5.56 Å². The molecule has 1 N–H and O–H groups in total. The topological polar surface area (TPSA) is 64.3 Å². The van der Waals surface area contributed by atoms with Crippen molar-refractivity contribution in [2.75, 3.05) is 11.4 Å². The molecular formula is C12H11FN2O2. The number of rotatable bonds is 2. The molecule has 1 unspecified atom stereocenters. The molecule has 88 valence electrons. The van der Waals surface area contributed by atoms with Gasteiger partial charge in [0, 0.05) is 12.2 Å². The van der Waals surface area contributed by atoms with E-state index in [2.05, 4.69) is 0 Å². The number of nitriles is 1. The molecule has 1 aliphatic heterocycles. The van der Waals surface area contributed by atoms with E-state index in [0.29, 0.717) is 18.7 Å². The highest BCUT2D eigenvalue weighted by Crippen LogP contribution is 2.27. The van der Waals surface area contributed by atoms with Gasteiger partial charge < -0.3 is 10.0 Å². The van der Waals surface area contributed by atoms with Gasteiger partial charge in [0.25, 0.3) is 0 Å². The van der Waals surface area contributed by atoms with Crippen molar-refractivity contribution in [2.24, 2.45) is 0 Å². The number of carboxylic acids is 1. The van der Waals surface area contributed by atoms with Crippen molar-refractivity contribution >= 4 is 11.7 Å². The van der Waals surface area contributed by atoms with Crippen LogP contribution in [0.1, 0.15) is 18.4 Å². The Labute approximate surface area is 97.9 Å². The van der Waals surface area contributed by atoms with Gasteiger partial charge in [0.15, 0.2) is 0 Å². The molecular weight excluding hydrogens is 223 g/mol. The van der Waals surface area contributed by atoms with Crippen LogP contribution in [0.25, 0.3) is 0 Å². The lowest BCUT2D eigenvalue weighted by Gasteiger charge is -2.23. The van der Waals surface area contributed by atoms with E-state index >= 15 is 0 Å². The average molecular weight is 234 g/mol. The molecule has 1 atom stereocenters. The number of carboxylic acid groups (broad SMARTS) is 1. The number of halogens is 1. The second-order valence-corrected chi connectivity index (χ2v) is 3.97. The van der Waals surface area contributed by atoms with E-state index in [1.165, 1.54) is 12.1 Å². The Morgan fingerprint density at radius 2 is 2.35 bits per heavy atom. The largest absolute Gasteiger partial charge is 0.480 e. The van der Waals surface area contributed by atoms with Crippen molar-refractivity contribution in [1.29, 1.82) is 5.26 Å². The minimum Gasteiger partial charge on any atom is -0.480 e. The Balaban J connectivity index is 2.31. The summed E-state index contributed by atoms with van der Waals surface area (Å²) in [4.78, 5) is 12.7. The molecule has 0 amide bonds. The number of hydrogen-bond acceptors (Lipinski definition) is 3. The van der Waals surface area contributed by atoms with E-state index < -0.39 is 17.8 Å². The highest BCUT2D eigenvalue weighted by molar-refractivity contribution is 5.79. The molecule has 0 radical (unpaired) electrons. The summed E-state index contributed by atoms with van der Waals surface area (Å²) in [6, 6.07) is 5.33. The van der Waals surface area contributed by atoms with Gasteiger partial charge in [0.05, 0.1) is 5.56 Å². The third kappa shape index (κ3) is 2.07. The molecule has 1 aliphatic rings. The Hall–Kier alpha value is -2.09. The summed E-state index contributed by atoms with van der Waals surface area (Å²) < 4.78 is 13.4. The third-order valence-electron chi connectivity index (χ3n) is 2.94. The van der Waals surface area contributed by atoms with Crippen molar-refractivity contribution < 1.29 is 14.3 Å². The Kier molecular flexibility index (Phi) is 2.96. The van der Waals surface area contributed by atoms with Crippen LogP contribution < -0.4 is 4.90 Å². The van der Waals surface area contributed by atoms with Gasteiger partial charge in [0.2, 0.25) is 0 Å². The summed E-state index contributed by atoms with van der Waals surface area (Å²) in [5, 5.41) is 17.6. The van der Waals surface area contributed by atoms with Gasteiger partial charge in [-0.2, -0.15) is 5.26 Å². The predicted molar refractivity (Wildman–Crippen MR) is 59.1 cm³/mol. The summed E-state index contributed by atoms with van der Waals surface area (Å²) >= 11 is 0. The molecule has 0 aromatic heterocycles. The normalized spacial score (nSPS) is 19.1. The van der Waals surface area contributed by atoms with Crippen molar-refractivity contribution in [1.82, 2.24) is 0 Å². The minimum atomic E-state index is -0.896. The van der Waals surface area contributed by atoms with Gasteiger partial charge >= 0.3 is 5.97 Å².